The summed E-state index contributed by atoms with van der Waals surface area (Å²) in [5.41, 5.74) is -3.96. The summed E-state index contributed by atoms with van der Waals surface area (Å²) in [5.74, 6) is -2.16. The number of halogens is 1. The van der Waals surface area contributed by atoms with Gasteiger partial charge in [0.2, 0.25) is 0 Å². The van der Waals surface area contributed by atoms with Crippen LogP contribution in [0.4, 0.5) is 4.39 Å². The standard InChI is InChI=1S/C24H35FO5/c1-6-20(27)24(25)19(8-7-16-12-17(26)9-10-22(16,24)4)18-11-14(2)23(29,15(18)3)21(28)13-30-5/h9-10,12,14-15,18-20,27,29H,6-8,11,13H2,1-5H3/t14-,15?,18?,19?,20?,22?,23-,24?/m1/s1. The van der Waals surface area contributed by atoms with E-state index in [0.29, 0.717) is 24.8 Å². The first-order valence-electron chi connectivity index (χ1n) is 11.0. The summed E-state index contributed by atoms with van der Waals surface area (Å²) in [7, 11) is 1.42. The molecule has 6 unspecified atom stereocenters. The highest BCUT2D eigenvalue weighted by Crippen LogP contribution is 2.62. The van der Waals surface area contributed by atoms with Crippen molar-refractivity contribution in [3.05, 3.63) is 23.8 Å². The second-order valence-electron chi connectivity index (χ2n) is 9.72. The van der Waals surface area contributed by atoms with Gasteiger partial charge in [0.15, 0.2) is 17.2 Å². The van der Waals surface area contributed by atoms with Crippen LogP contribution in [0.25, 0.3) is 0 Å². The van der Waals surface area contributed by atoms with Crippen LogP contribution in [0, 0.1) is 29.1 Å². The van der Waals surface area contributed by atoms with E-state index in [4.69, 9.17) is 4.74 Å². The minimum absolute atomic E-state index is 0.156. The van der Waals surface area contributed by atoms with E-state index in [9.17, 15) is 19.8 Å². The topological polar surface area (TPSA) is 83.8 Å². The van der Waals surface area contributed by atoms with Crippen molar-refractivity contribution >= 4 is 11.6 Å². The molecule has 0 spiro atoms. The molecule has 0 aromatic carbocycles. The molecule has 0 heterocycles. The van der Waals surface area contributed by atoms with Gasteiger partial charge >= 0.3 is 0 Å². The van der Waals surface area contributed by atoms with Gasteiger partial charge in [-0.3, -0.25) is 9.59 Å². The van der Waals surface area contributed by atoms with E-state index in [-0.39, 0.29) is 36.4 Å². The molecule has 0 aromatic rings. The monoisotopic (exact) mass is 422 g/mol. The molecule has 8 atom stereocenters. The van der Waals surface area contributed by atoms with Crippen LogP contribution in [0.1, 0.15) is 53.4 Å². The van der Waals surface area contributed by atoms with Gasteiger partial charge in [0, 0.05) is 18.4 Å². The van der Waals surface area contributed by atoms with Crippen LogP contribution in [0.3, 0.4) is 0 Å². The van der Waals surface area contributed by atoms with Gasteiger partial charge in [-0.25, -0.2) is 4.39 Å². The number of ether oxygens (including phenoxy) is 1. The Kier molecular flexibility index (Phi) is 6.18. The van der Waals surface area contributed by atoms with Gasteiger partial charge in [-0.05, 0) is 62.5 Å². The van der Waals surface area contributed by atoms with Crippen LogP contribution in [0.2, 0.25) is 0 Å². The van der Waals surface area contributed by atoms with Crippen molar-refractivity contribution in [1.82, 2.24) is 0 Å². The summed E-state index contributed by atoms with van der Waals surface area (Å²) in [4.78, 5) is 24.7. The van der Waals surface area contributed by atoms with Gasteiger partial charge in [0.1, 0.15) is 12.2 Å². The molecule has 3 aliphatic rings. The smallest absolute Gasteiger partial charge is 0.190 e. The van der Waals surface area contributed by atoms with E-state index in [1.54, 1.807) is 19.9 Å². The molecule has 0 saturated heterocycles. The van der Waals surface area contributed by atoms with Crippen molar-refractivity contribution in [2.45, 2.75) is 70.8 Å². The van der Waals surface area contributed by atoms with Crippen LogP contribution in [-0.2, 0) is 14.3 Å². The molecule has 2 N–H and O–H groups in total. The average molecular weight is 423 g/mol. The van der Waals surface area contributed by atoms with Crippen molar-refractivity contribution < 1.29 is 28.9 Å². The Balaban J connectivity index is 2.05. The molecule has 3 rings (SSSR count). The lowest BCUT2D eigenvalue weighted by atomic mass is 9.51. The number of allylic oxidation sites excluding steroid dienone is 4. The van der Waals surface area contributed by atoms with E-state index in [2.05, 4.69) is 0 Å². The van der Waals surface area contributed by atoms with E-state index < -0.39 is 34.6 Å². The Morgan fingerprint density at radius 2 is 2.07 bits per heavy atom. The van der Waals surface area contributed by atoms with Gasteiger partial charge in [-0.15, -0.1) is 0 Å². The molecular weight excluding hydrogens is 387 g/mol. The zero-order valence-electron chi connectivity index (χ0n) is 18.7. The Morgan fingerprint density at radius 1 is 1.40 bits per heavy atom. The van der Waals surface area contributed by atoms with Crippen LogP contribution < -0.4 is 0 Å². The molecule has 2 saturated carbocycles. The fourth-order valence-electron chi connectivity index (χ4n) is 6.61. The average Bonchev–Trinajstić information content (AvgIpc) is 2.94. The number of alkyl halides is 1. The molecule has 2 fully saturated rings. The van der Waals surface area contributed by atoms with E-state index in [1.807, 2.05) is 13.8 Å². The predicted octanol–water partition coefficient (Wildman–Crippen LogP) is 3.19. The first kappa shape index (κ1) is 23.3. The summed E-state index contributed by atoms with van der Waals surface area (Å²) in [5, 5.41) is 22.3. The lowest BCUT2D eigenvalue weighted by molar-refractivity contribution is -0.156. The highest BCUT2D eigenvalue weighted by Gasteiger charge is 2.66. The van der Waals surface area contributed by atoms with Crippen molar-refractivity contribution in [3.8, 4) is 0 Å². The van der Waals surface area contributed by atoms with E-state index in [1.165, 1.54) is 19.3 Å². The normalized spacial score (nSPS) is 44.5. The molecule has 0 radical (unpaired) electrons. The third-order valence-corrected chi connectivity index (χ3v) is 8.45. The summed E-state index contributed by atoms with van der Waals surface area (Å²) in [6.07, 6.45) is 5.04. The molecule has 6 heteroatoms. The number of aliphatic hydroxyl groups is 2. The minimum Gasteiger partial charge on any atom is -0.390 e. The summed E-state index contributed by atoms with van der Waals surface area (Å²) in [6, 6.07) is 0. The van der Waals surface area contributed by atoms with Crippen molar-refractivity contribution in [2.75, 3.05) is 13.7 Å². The molecule has 0 aliphatic heterocycles. The second kappa shape index (κ2) is 7.95. The van der Waals surface area contributed by atoms with E-state index >= 15 is 4.39 Å². The first-order valence-corrected chi connectivity index (χ1v) is 11.0. The molecule has 0 aromatic heterocycles. The highest BCUT2D eigenvalue weighted by atomic mass is 19.1. The van der Waals surface area contributed by atoms with Crippen LogP contribution in [0.15, 0.2) is 23.8 Å². The Labute approximate surface area is 178 Å². The predicted molar refractivity (Wildman–Crippen MR) is 111 cm³/mol. The summed E-state index contributed by atoms with van der Waals surface area (Å²) >= 11 is 0. The number of methoxy groups -OCH3 is 1. The van der Waals surface area contributed by atoms with Crippen LogP contribution >= 0.6 is 0 Å². The van der Waals surface area contributed by atoms with Gasteiger partial charge in [-0.2, -0.15) is 0 Å². The maximum absolute atomic E-state index is 17.2. The highest BCUT2D eigenvalue weighted by molar-refractivity contribution is 6.01. The summed E-state index contributed by atoms with van der Waals surface area (Å²) < 4.78 is 22.2. The first-order chi connectivity index (χ1) is 14.0. The SMILES string of the molecule is CCC(O)C1(F)C(C2C[C@@H](C)[C@](O)(C(=O)COC)C2C)CCC2=CC(=O)C=CC21C. The number of aliphatic hydroxyl groups excluding tert-OH is 1. The molecule has 5 nitrogen and oxygen atoms in total. The lowest BCUT2D eigenvalue weighted by Gasteiger charge is -2.56. The maximum Gasteiger partial charge on any atom is 0.190 e. The number of hydrogen-bond donors (Lipinski definition) is 2. The molecular formula is C24H35FO5. The number of Topliss-reactive ketones (excluding diaryl/α,β-unsaturated/α-hetero) is 1. The van der Waals surface area contributed by atoms with Crippen LogP contribution in [-0.4, -0.2) is 52.9 Å². The van der Waals surface area contributed by atoms with E-state index in [0.717, 1.165) is 0 Å². The number of carbonyl (C=O) groups excluding carboxylic acids is 2. The Morgan fingerprint density at radius 3 is 2.67 bits per heavy atom. The molecule has 3 aliphatic carbocycles. The lowest BCUT2D eigenvalue weighted by Crippen LogP contribution is -2.61. The number of hydrogen-bond acceptors (Lipinski definition) is 5. The number of ketones is 2. The fraction of sp³-hybridized carbons (Fsp3) is 0.750. The summed E-state index contributed by atoms with van der Waals surface area (Å²) in [6.45, 7) is 6.97. The second-order valence-corrected chi connectivity index (χ2v) is 9.72. The van der Waals surface area contributed by atoms with Gasteiger partial charge in [0.25, 0.3) is 0 Å². The third kappa shape index (κ3) is 3.06. The number of fused-ring (bicyclic) bond motifs is 1. The van der Waals surface area contributed by atoms with Crippen LogP contribution in [0.5, 0.6) is 0 Å². The van der Waals surface area contributed by atoms with Gasteiger partial charge < -0.3 is 14.9 Å². The Hall–Kier alpha value is -1.37. The zero-order chi connectivity index (χ0) is 22.5. The quantitative estimate of drug-likeness (QED) is 0.687. The Bertz CT molecular complexity index is 776. The molecule has 0 bridgehead atoms. The minimum atomic E-state index is -2.00. The maximum atomic E-state index is 17.2. The largest absolute Gasteiger partial charge is 0.390 e. The molecule has 168 valence electrons. The zero-order valence-corrected chi connectivity index (χ0v) is 18.7. The van der Waals surface area contributed by atoms with Crippen molar-refractivity contribution in [2.24, 2.45) is 29.1 Å². The van der Waals surface area contributed by atoms with Crippen molar-refractivity contribution in [1.29, 1.82) is 0 Å². The third-order valence-electron chi connectivity index (χ3n) is 8.45. The van der Waals surface area contributed by atoms with Gasteiger partial charge in [-0.1, -0.05) is 32.4 Å². The fourth-order valence-corrected chi connectivity index (χ4v) is 6.61. The number of rotatable bonds is 6. The molecule has 0 amide bonds. The van der Waals surface area contributed by atoms with Crippen molar-refractivity contribution in [3.63, 3.8) is 0 Å². The van der Waals surface area contributed by atoms with Gasteiger partial charge in [0.05, 0.1) is 6.10 Å². The number of carbonyl (C=O) groups is 2. The molecule has 30 heavy (non-hydrogen) atoms.